The van der Waals surface area contributed by atoms with E-state index in [1.54, 1.807) is 11.8 Å². The van der Waals surface area contributed by atoms with Gasteiger partial charge in [-0.05, 0) is 29.0 Å². The number of rotatable bonds is 2. The summed E-state index contributed by atoms with van der Waals surface area (Å²) in [5.74, 6) is 1.07. The molecule has 3 aromatic rings. The van der Waals surface area contributed by atoms with Crippen LogP contribution in [0.5, 0.6) is 0 Å². The Morgan fingerprint density at radius 1 is 0.955 bits per heavy atom. The van der Waals surface area contributed by atoms with Gasteiger partial charge in [0.15, 0.2) is 5.16 Å². The highest BCUT2D eigenvalue weighted by Gasteiger charge is 2.26. The monoisotopic (exact) mass is 305 g/mol. The maximum Gasteiger partial charge on any atom is 0.195 e. The summed E-state index contributed by atoms with van der Waals surface area (Å²) in [7, 11) is 0. The number of benzene rings is 2. The van der Waals surface area contributed by atoms with E-state index >= 15 is 0 Å². The van der Waals surface area contributed by atoms with Crippen molar-refractivity contribution < 1.29 is 0 Å². The highest BCUT2D eigenvalue weighted by molar-refractivity contribution is 7.98. The number of fused-ring (bicyclic) bond motifs is 2. The minimum absolute atomic E-state index is 0.0980. The molecule has 108 valence electrons. The van der Waals surface area contributed by atoms with E-state index in [9.17, 15) is 0 Å². The van der Waals surface area contributed by atoms with Crippen LogP contribution in [0.2, 0.25) is 0 Å². The minimum atomic E-state index is 0.0980. The molecule has 1 aliphatic rings. The Morgan fingerprint density at radius 2 is 1.73 bits per heavy atom. The number of nitrogens with zero attached hydrogens (tertiary/aromatic N) is 3. The standard InChI is InChI=1S/C18H15N3S/c1-22-18-20-19-17-16(14-8-3-2-4-9-14)15-10-6-5-7-13(15)11-12-21(17)18/h2-12,16H,1H3. The number of hydrogen-bond acceptors (Lipinski definition) is 3. The van der Waals surface area contributed by atoms with E-state index in [0.29, 0.717) is 0 Å². The van der Waals surface area contributed by atoms with Crippen molar-refractivity contribution >= 4 is 24.0 Å². The predicted molar refractivity (Wildman–Crippen MR) is 90.9 cm³/mol. The molecule has 0 fully saturated rings. The highest BCUT2D eigenvalue weighted by atomic mass is 32.2. The van der Waals surface area contributed by atoms with Crippen molar-refractivity contribution in [3.8, 4) is 0 Å². The van der Waals surface area contributed by atoms with Gasteiger partial charge in [0.05, 0.1) is 5.92 Å². The van der Waals surface area contributed by atoms with Gasteiger partial charge >= 0.3 is 0 Å². The first kappa shape index (κ1) is 13.3. The van der Waals surface area contributed by atoms with Crippen LogP contribution in [0.1, 0.15) is 28.4 Å². The van der Waals surface area contributed by atoms with Crippen molar-refractivity contribution in [3.05, 3.63) is 77.1 Å². The third-order valence-electron chi connectivity index (χ3n) is 3.97. The smallest absolute Gasteiger partial charge is 0.195 e. The zero-order valence-corrected chi connectivity index (χ0v) is 13.0. The second-order valence-electron chi connectivity index (χ2n) is 5.20. The SMILES string of the molecule is CSc1nnc2n1C=Cc1ccccc1C2c1ccccc1. The van der Waals surface area contributed by atoms with Gasteiger partial charge in [0.25, 0.3) is 0 Å². The number of hydrogen-bond donors (Lipinski definition) is 0. The van der Waals surface area contributed by atoms with E-state index in [4.69, 9.17) is 0 Å². The second kappa shape index (κ2) is 5.46. The Labute approximate surface area is 133 Å². The summed E-state index contributed by atoms with van der Waals surface area (Å²) in [6.07, 6.45) is 6.24. The maximum atomic E-state index is 4.49. The lowest BCUT2D eigenvalue weighted by Crippen LogP contribution is -2.09. The minimum Gasteiger partial charge on any atom is -0.280 e. The average Bonchev–Trinajstić information content (AvgIpc) is 2.90. The van der Waals surface area contributed by atoms with Crippen molar-refractivity contribution in [1.82, 2.24) is 14.8 Å². The number of aromatic nitrogens is 3. The fraction of sp³-hybridized carbons (Fsp3) is 0.111. The van der Waals surface area contributed by atoms with Crippen LogP contribution in [0.3, 0.4) is 0 Å². The molecule has 1 aromatic heterocycles. The molecule has 0 aliphatic carbocycles. The van der Waals surface area contributed by atoms with Crippen molar-refractivity contribution in [3.63, 3.8) is 0 Å². The zero-order chi connectivity index (χ0) is 14.9. The largest absolute Gasteiger partial charge is 0.280 e. The van der Waals surface area contributed by atoms with Gasteiger partial charge in [-0.1, -0.05) is 66.4 Å². The molecule has 0 N–H and O–H groups in total. The van der Waals surface area contributed by atoms with Crippen LogP contribution in [-0.2, 0) is 0 Å². The fourth-order valence-corrected chi connectivity index (χ4v) is 3.43. The van der Waals surface area contributed by atoms with Gasteiger partial charge in [-0.15, -0.1) is 10.2 Å². The lowest BCUT2D eigenvalue weighted by molar-refractivity contribution is 0.824. The molecule has 1 unspecified atom stereocenters. The third kappa shape index (κ3) is 2.07. The molecule has 0 bridgehead atoms. The van der Waals surface area contributed by atoms with Gasteiger partial charge in [0.1, 0.15) is 5.82 Å². The van der Waals surface area contributed by atoms with E-state index in [0.717, 1.165) is 11.0 Å². The number of thioether (sulfide) groups is 1. The van der Waals surface area contributed by atoms with E-state index in [2.05, 4.69) is 75.6 Å². The summed E-state index contributed by atoms with van der Waals surface area (Å²) in [4.78, 5) is 0. The molecule has 22 heavy (non-hydrogen) atoms. The van der Waals surface area contributed by atoms with Crippen molar-refractivity contribution in [2.45, 2.75) is 11.1 Å². The molecule has 0 spiro atoms. The van der Waals surface area contributed by atoms with Crippen LogP contribution in [0.15, 0.2) is 59.8 Å². The third-order valence-corrected chi connectivity index (χ3v) is 4.62. The zero-order valence-electron chi connectivity index (χ0n) is 12.2. The lowest BCUT2D eigenvalue weighted by Gasteiger charge is -2.17. The van der Waals surface area contributed by atoms with Crippen LogP contribution < -0.4 is 0 Å². The molecule has 1 aliphatic heterocycles. The Hall–Kier alpha value is -2.33. The van der Waals surface area contributed by atoms with Crippen LogP contribution in [0, 0.1) is 0 Å². The Kier molecular flexibility index (Phi) is 3.31. The summed E-state index contributed by atoms with van der Waals surface area (Å²) >= 11 is 1.61. The first-order valence-electron chi connectivity index (χ1n) is 7.19. The second-order valence-corrected chi connectivity index (χ2v) is 5.98. The highest BCUT2D eigenvalue weighted by Crippen LogP contribution is 2.36. The molecule has 0 amide bonds. The van der Waals surface area contributed by atoms with Gasteiger partial charge in [-0.25, -0.2) is 0 Å². The van der Waals surface area contributed by atoms with E-state index in [1.807, 2.05) is 12.3 Å². The molecule has 2 aromatic carbocycles. The Bertz CT molecular complexity index is 837. The molecule has 2 heterocycles. The average molecular weight is 305 g/mol. The molecular weight excluding hydrogens is 290 g/mol. The fourth-order valence-electron chi connectivity index (χ4n) is 2.96. The molecule has 1 atom stereocenters. The lowest BCUT2D eigenvalue weighted by atomic mass is 9.88. The quantitative estimate of drug-likeness (QED) is 0.522. The molecule has 0 saturated carbocycles. The molecule has 0 radical (unpaired) electrons. The summed E-state index contributed by atoms with van der Waals surface area (Å²) in [6.45, 7) is 0. The predicted octanol–water partition coefficient (Wildman–Crippen LogP) is 4.12. The first-order valence-corrected chi connectivity index (χ1v) is 8.42. The molecule has 4 rings (SSSR count). The van der Waals surface area contributed by atoms with Gasteiger partial charge < -0.3 is 0 Å². The van der Waals surface area contributed by atoms with Crippen molar-refractivity contribution in [2.24, 2.45) is 0 Å². The van der Waals surface area contributed by atoms with Crippen LogP contribution in [0.4, 0.5) is 0 Å². The summed E-state index contributed by atoms with van der Waals surface area (Å²) in [5.41, 5.74) is 3.73. The van der Waals surface area contributed by atoms with E-state index in [-0.39, 0.29) is 5.92 Å². The first-order chi connectivity index (χ1) is 10.9. The van der Waals surface area contributed by atoms with Crippen molar-refractivity contribution in [1.29, 1.82) is 0 Å². The molecule has 0 saturated heterocycles. The molecule has 4 heteroatoms. The van der Waals surface area contributed by atoms with Gasteiger partial charge in [0.2, 0.25) is 0 Å². The van der Waals surface area contributed by atoms with Crippen LogP contribution in [-0.4, -0.2) is 21.0 Å². The normalized spacial score (nSPS) is 16.0. The van der Waals surface area contributed by atoms with Crippen LogP contribution >= 0.6 is 11.8 Å². The van der Waals surface area contributed by atoms with Gasteiger partial charge in [0, 0.05) is 6.20 Å². The molecular formula is C18H15N3S. The van der Waals surface area contributed by atoms with Gasteiger partial charge in [-0.3, -0.25) is 4.57 Å². The van der Waals surface area contributed by atoms with Gasteiger partial charge in [-0.2, -0.15) is 0 Å². The topological polar surface area (TPSA) is 30.7 Å². The Balaban J connectivity index is 2.00. The summed E-state index contributed by atoms with van der Waals surface area (Å²) < 4.78 is 2.10. The van der Waals surface area contributed by atoms with Crippen molar-refractivity contribution in [2.75, 3.05) is 6.26 Å². The van der Waals surface area contributed by atoms with E-state index in [1.165, 1.54) is 16.7 Å². The molecule has 3 nitrogen and oxygen atoms in total. The van der Waals surface area contributed by atoms with E-state index < -0.39 is 0 Å². The maximum absolute atomic E-state index is 4.49. The summed E-state index contributed by atoms with van der Waals surface area (Å²) in [5, 5.41) is 9.73. The Morgan fingerprint density at radius 3 is 2.55 bits per heavy atom. The van der Waals surface area contributed by atoms with Crippen LogP contribution in [0.25, 0.3) is 12.3 Å². The summed E-state index contributed by atoms with van der Waals surface area (Å²) in [6, 6.07) is 19.0.